The van der Waals surface area contributed by atoms with E-state index in [-0.39, 0.29) is 6.09 Å². The SMILES string of the molecule is CCC(CNC(=O)OC(C)(C)C)NC1CCCCC1(C)C. The first-order valence-electron chi connectivity index (χ1n) is 8.37. The summed E-state index contributed by atoms with van der Waals surface area (Å²) in [6.45, 7) is 13.1. The van der Waals surface area contributed by atoms with Gasteiger partial charge in [0.1, 0.15) is 5.60 Å². The number of nitrogens with one attached hydrogen (secondary N) is 2. The van der Waals surface area contributed by atoms with Crippen LogP contribution in [0.4, 0.5) is 4.79 Å². The van der Waals surface area contributed by atoms with Gasteiger partial charge in [0, 0.05) is 18.6 Å². The molecule has 4 heteroatoms. The molecule has 2 N–H and O–H groups in total. The zero-order chi connectivity index (χ0) is 16.1. The van der Waals surface area contributed by atoms with Crippen LogP contribution in [-0.2, 0) is 4.74 Å². The van der Waals surface area contributed by atoms with Crippen molar-refractivity contribution < 1.29 is 9.53 Å². The van der Waals surface area contributed by atoms with E-state index in [9.17, 15) is 4.79 Å². The largest absolute Gasteiger partial charge is 0.444 e. The van der Waals surface area contributed by atoms with Crippen LogP contribution < -0.4 is 10.6 Å². The number of carbonyl (C=O) groups excluding carboxylic acids is 1. The number of alkyl carbamates (subject to hydrolysis) is 1. The van der Waals surface area contributed by atoms with Gasteiger partial charge in [-0.3, -0.25) is 0 Å². The van der Waals surface area contributed by atoms with E-state index in [2.05, 4.69) is 31.4 Å². The average Bonchev–Trinajstić information content (AvgIpc) is 2.33. The number of rotatable bonds is 5. The zero-order valence-electron chi connectivity index (χ0n) is 14.7. The van der Waals surface area contributed by atoms with Crippen LogP contribution in [0.25, 0.3) is 0 Å². The number of amides is 1. The Morgan fingerprint density at radius 3 is 2.52 bits per heavy atom. The third-order valence-corrected chi connectivity index (χ3v) is 4.33. The first kappa shape index (κ1) is 18.3. The molecule has 4 nitrogen and oxygen atoms in total. The van der Waals surface area contributed by atoms with E-state index in [1.807, 2.05) is 20.8 Å². The standard InChI is InChI=1S/C17H34N2O2/c1-7-13(12-18-15(20)21-16(2,3)4)19-14-10-8-9-11-17(14,5)6/h13-14,19H,7-12H2,1-6H3,(H,18,20). The van der Waals surface area contributed by atoms with Crippen molar-refractivity contribution in [2.75, 3.05) is 6.54 Å². The van der Waals surface area contributed by atoms with Crippen molar-refractivity contribution in [3.8, 4) is 0 Å². The quantitative estimate of drug-likeness (QED) is 0.810. The molecule has 124 valence electrons. The lowest BCUT2D eigenvalue weighted by atomic mass is 9.73. The molecule has 21 heavy (non-hydrogen) atoms. The average molecular weight is 298 g/mol. The summed E-state index contributed by atoms with van der Waals surface area (Å²) in [6.07, 6.45) is 5.82. The Balaban J connectivity index is 2.43. The molecule has 0 aromatic rings. The van der Waals surface area contributed by atoms with Gasteiger partial charge in [-0.05, 0) is 45.4 Å². The second-order valence-electron chi connectivity index (χ2n) is 7.94. The predicted octanol–water partition coefficient (Wildman–Crippen LogP) is 3.85. The van der Waals surface area contributed by atoms with Crippen molar-refractivity contribution in [1.82, 2.24) is 10.6 Å². The van der Waals surface area contributed by atoms with Gasteiger partial charge in [-0.2, -0.15) is 0 Å². The molecule has 1 aliphatic rings. The molecule has 0 bridgehead atoms. The van der Waals surface area contributed by atoms with Crippen LogP contribution in [0, 0.1) is 5.41 Å². The third kappa shape index (κ3) is 6.68. The lowest BCUT2D eigenvalue weighted by molar-refractivity contribution is 0.0518. The molecular formula is C17H34N2O2. The molecule has 1 amide bonds. The van der Waals surface area contributed by atoms with E-state index in [0.29, 0.717) is 24.0 Å². The highest BCUT2D eigenvalue weighted by atomic mass is 16.6. The maximum absolute atomic E-state index is 11.7. The summed E-state index contributed by atoms with van der Waals surface area (Å²) in [7, 11) is 0. The van der Waals surface area contributed by atoms with E-state index in [1.165, 1.54) is 25.7 Å². The monoisotopic (exact) mass is 298 g/mol. The van der Waals surface area contributed by atoms with Crippen molar-refractivity contribution in [3.63, 3.8) is 0 Å². The minimum atomic E-state index is -0.440. The molecule has 0 spiro atoms. The van der Waals surface area contributed by atoms with Gasteiger partial charge in [0.2, 0.25) is 0 Å². The summed E-state index contributed by atoms with van der Waals surface area (Å²) >= 11 is 0. The highest BCUT2D eigenvalue weighted by Crippen LogP contribution is 2.35. The third-order valence-electron chi connectivity index (χ3n) is 4.33. The van der Waals surface area contributed by atoms with Crippen LogP contribution in [-0.4, -0.2) is 30.3 Å². The normalized spacial score (nSPS) is 23.4. The van der Waals surface area contributed by atoms with Crippen LogP contribution in [0.2, 0.25) is 0 Å². The molecule has 2 unspecified atom stereocenters. The second kappa shape index (κ2) is 7.48. The Kier molecular flexibility index (Phi) is 6.51. The molecule has 1 aliphatic carbocycles. The summed E-state index contributed by atoms with van der Waals surface area (Å²) in [4.78, 5) is 11.7. The van der Waals surface area contributed by atoms with E-state index in [0.717, 1.165) is 6.42 Å². The molecule has 0 aliphatic heterocycles. The van der Waals surface area contributed by atoms with Gasteiger partial charge in [0.05, 0.1) is 0 Å². The molecule has 1 saturated carbocycles. The van der Waals surface area contributed by atoms with E-state index in [1.54, 1.807) is 0 Å². The number of carbonyl (C=O) groups is 1. The number of hydrogen-bond acceptors (Lipinski definition) is 3. The zero-order valence-corrected chi connectivity index (χ0v) is 14.7. The maximum Gasteiger partial charge on any atom is 0.407 e. The van der Waals surface area contributed by atoms with Crippen molar-refractivity contribution in [2.45, 2.75) is 91.3 Å². The molecule has 1 rings (SSSR count). The van der Waals surface area contributed by atoms with E-state index < -0.39 is 5.60 Å². The van der Waals surface area contributed by atoms with Crippen molar-refractivity contribution >= 4 is 6.09 Å². The van der Waals surface area contributed by atoms with Crippen LogP contribution in [0.3, 0.4) is 0 Å². The fourth-order valence-corrected chi connectivity index (χ4v) is 2.93. The summed E-state index contributed by atoms with van der Waals surface area (Å²) in [5, 5.41) is 6.63. The van der Waals surface area contributed by atoms with E-state index in [4.69, 9.17) is 4.74 Å². The van der Waals surface area contributed by atoms with Gasteiger partial charge in [0.15, 0.2) is 0 Å². The van der Waals surface area contributed by atoms with Gasteiger partial charge >= 0.3 is 6.09 Å². The molecule has 0 saturated heterocycles. The summed E-state index contributed by atoms with van der Waals surface area (Å²) in [5.41, 5.74) is -0.0951. The minimum Gasteiger partial charge on any atom is -0.444 e. The first-order valence-corrected chi connectivity index (χ1v) is 8.37. The molecule has 0 heterocycles. The van der Waals surface area contributed by atoms with E-state index >= 15 is 0 Å². The number of hydrogen-bond donors (Lipinski definition) is 2. The molecule has 2 atom stereocenters. The molecule has 1 fully saturated rings. The van der Waals surface area contributed by atoms with Gasteiger partial charge in [0.25, 0.3) is 0 Å². The lowest BCUT2D eigenvalue weighted by Gasteiger charge is -2.41. The minimum absolute atomic E-state index is 0.305. The predicted molar refractivity (Wildman–Crippen MR) is 87.5 cm³/mol. The maximum atomic E-state index is 11.7. The van der Waals surface area contributed by atoms with Gasteiger partial charge in [-0.25, -0.2) is 4.79 Å². The Morgan fingerprint density at radius 2 is 2.00 bits per heavy atom. The van der Waals surface area contributed by atoms with Crippen LogP contribution >= 0.6 is 0 Å². The fraction of sp³-hybridized carbons (Fsp3) is 0.941. The lowest BCUT2D eigenvalue weighted by Crippen LogP contribution is -2.52. The van der Waals surface area contributed by atoms with Gasteiger partial charge < -0.3 is 15.4 Å². The highest BCUT2D eigenvalue weighted by molar-refractivity contribution is 5.67. The summed E-state index contributed by atoms with van der Waals surface area (Å²) in [6, 6.07) is 0.844. The van der Waals surface area contributed by atoms with Crippen molar-refractivity contribution in [1.29, 1.82) is 0 Å². The Morgan fingerprint density at radius 1 is 1.33 bits per heavy atom. The van der Waals surface area contributed by atoms with Crippen molar-refractivity contribution in [2.24, 2.45) is 5.41 Å². The van der Waals surface area contributed by atoms with Crippen LogP contribution in [0.1, 0.15) is 73.6 Å². The molecule has 0 aromatic carbocycles. The van der Waals surface area contributed by atoms with Crippen LogP contribution in [0.5, 0.6) is 0 Å². The van der Waals surface area contributed by atoms with Gasteiger partial charge in [-0.15, -0.1) is 0 Å². The smallest absolute Gasteiger partial charge is 0.407 e. The topological polar surface area (TPSA) is 50.4 Å². The molecule has 0 radical (unpaired) electrons. The summed E-state index contributed by atoms with van der Waals surface area (Å²) < 4.78 is 5.29. The first-order chi connectivity index (χ1) is 9.64. The highest BCUT2D eigenvalue weighted by Gasteiger charge is 2.33. The second-order valence-corrected chi connectivity index (χ2v) is 7.94. The Labute approximate surface area is 130 Å². The van der Waals surface area contributed by atoms with Crippen LogP contribution in [0.15, 0.2) is 0 Å². The fourth-order valence-electron chi connectivity index (χ4n) is 2.93. The summed E-state index contributed by atoms with van der Waals surface area (Å²) in [5.74, 6) is 0. The molecule has 0 aromatic heterocycles. The van der Waals surface area contributed by atoms with Crippen molar-refractivity contribution in [3.05, 3.63) is 0 Å². The Hall–Kier alpha value is -0.770. The number of ether oxygens (including phenoxy) is 1. The van der Waals surface area contributed by atoms with Gasteiger partial charge in [-0.1, -0.05) is 33.6 Å². The Bertz CT molecular complexity index is 334. The molecular weight excluding hydrogens is 264 g/mol.